The number of fused-ring (bicyclic) bond motifs is 4. The number of hydrogen-bond donors (Lipinski definition) is 1. The lowest BCUT2D eigenvalue weighted by Crippen LogP contribution is -2.35. The first-order chi connectivity index (χ1) is 19.1. The third-order valence-corrected chi connectivity index (χ3v) is 8.97. The second-order valence-corrected chi connectivity index (χ2v) is 11.7. The highest BCUT2D eigenvalue weighted by Gasteiger charge is 2.45. The fourth-order valence-electron chi connectivity index (χ4n) is 5.16. The van der Waals surface area contributed by atoms with E-state index in [0.717, 1.165) is 27.5 Å². The molecule has 0 unspecified atom stereocenters. The Morgan fingerprint density at radius 1 is 1.15 bits per heavy atom. The molecule has 0 radical (unpaired) electrons. The minimum absolute atomic E-state index is 0.0506. The van der Waals surface area contributed by atoms with Gasteiger partial charge in [-0.1, -0.05) is 24.3 Å². The van der Waals surface area contributed by atoms with Crippen molar-refractivity contribution in [2.75, 3.05) is 16.4 Å². The molecule has 12 heteroatoms. The van der Waals surface area contributed by atoms with Gasteiger partial charge in [-0.15, -0.1) is 0 Å². The van der Waals surface area contributed by atoms with Gasteiger partial charge in [0.25, 0.3) is 11.8 Å². The number of nitrogens with zero attached hydrogens (tertiary/aromatic N) is 4. The van der Waals surface area contributed by atoms with E-state index in [2.05, 4.69) is 9.97 Å². The number of halogens is 2. The Hall–Kier alpha value is -4.47. The van der Waals surface area contributed by atoms with Gasteiger partial charge in [0.05, 0.1) is 47.2 Å². The Morgan fingerprint density at radius 3 is 2.70 bits per heavy atom. The number of anilines is 2. The van der Waals surface area contributed by atoms with Crippen LogP contribution in [0.25, 0.3) is 10.9 Å². The summed E-state index contributed by atoms with van der Waals surface area (Å²) < 4.78 is 61.6. The van der Waals surface area contributed by atoms with Gasteiger partial charge >= 0.3 is 0 Å². The first-order valence-electron chi connectivity index (χ1n) is 12.3. The summed E-state index contributed by atoms with van der Waals surface area (Å²) in [6.07, 6.45) is 0.351. The molecule has 0 saturated carbocycles. The molecule has 202 valence electrons. The van der Waals surface area contributed by atoms with E-state index >= 15 is 0 Å². The molecule has 0 spiro atoms. The van der Waals surface area contributed by atoms with Gasteiger partial charge < -0.3 is 15.4 Å². The van der Waals surface area contributed by atoms with Crippen molar-refractivity contribution in [3.8, 4) is 6.07 Å². The highest BCUT2D eigenvalue weighted by molar-refractivity contribution is 7.91. The van der Waals surface area contributed by atoms with Gasteiger partial charge in [-0.25, -0.2) is 27.2 Å². The number of carbonyl (C=O) groups is 1. The average molecular weight is 562 g/mol. The molecule has 0 bridgehead atoms. The Morgan fingerprint density at radius 2 is 1.95 bits per heavy atom. The molecule has 4 aromatic rings. The van der Waals surface area contributed by atoms with Crippen molar-refractivity contribution in [1.29, 1.82) is 5.26 Å². The average Bonchev–Trinajstić information content (AvgIpc) is 3.45. The molecule has 9 nitrogen and oxygen atoms in total. The molecule has 0 saturated heterocycles. The van der Waals surface area contributed by atoms with Crippen LogP contribution in [0.1, 0.15) is 44.7 Å². The Bertz CT molecular complexity index is 1850. The molecule has 1 amide bonds. The van der Waals surface area contributed by atoms with Crippen molar-refractivity contribution >= 4 is 38.2 Å². The van der Waals surface area contributed by atoms with Crippen LogP contribution in [-0.2, 0) is 40.3 Å². The molecule has 4 heterocycles. The summed E-state index contributed by atoms with van der Waals surface area (Å²) >= 11 is 0. The van der Waals surface area contributed by atoms with E-state index in [1.54, 1.807) is 12.1 Å². The van der Waals surface area contributed by atoms with Crippen LogP contribution in [-0.4, -0.2) is 30.0 Å². The number of hydrogen-bond acceptors (Lipinski definition) is 8. The van der Waals surface area contributed by atoms with E-state index in [1.807, 2.05) is 12.1 Å². The van der Waals surface area contributed by atoms with Crippen LogP contribution in [0.15, 0.2) is 59.6 Å². The van der Waals surface area contributed by atoms with Crippen molar-refractivity contribution in [2.45, 2.75) is 37.0 Å². The zero-order valence-corrected chi connectivity index (χ0v) is 21.7. The summed E-state index contributed by atoms with van der Waals surface area (Å²) in [5, 5.41) is 9.92. The van der Waals surface area contributed by atoms with Crippen LogP contribution < -0.4 is 10.6 Å². The lowest BCUT2D eigenvalue weighted by atomic mass is 10.0. The quantitative estimate of drug-likeness (QED) is 0.391. The highest BCUT2D eigenvalue weighted by atomic mass is 32.2. The van der Waals surface area contributed by atoms with E-state index in [-0.39, 0.29) is 23.5 Å². The fourth-order valence-corrected chi connectivity index (χ4v) is 6.94. The molecule has 0 atom stereocenters. The van der Waals surface area contributed by atoms with Gasteiger partial charge in [-0.3, -0.25) is 4.79 Å². The van der Waals surface area contributed by atoms with Crippen LogP contribution in [0.3, 0.4) is 0 Å². The highest BCUT2D eigenvalue weighted by Crippen LogP contribution is 2.45. The summed E-state index contributed by atoms with van der Waals surface area (Å²) in [6.45, 7) is 0.586. The maximum Gasteiger partial charge on any atom is 0.275 e. The van der Waals surface area contributed by atoms with Crippen LogP contribution in [0, 0.1) is 11.3 Å². The monoisotopic (exact) mass is 561 g/mol. The minimum atomic E-state index is -4.13. The number of benzene rings is 2. The largest absolute Gasteiger partial charge is 0.383 e. The molecule has 2 N–H and O–H groups in total. The van der Waals surface area contributed by atoms with Gasteiger partial charge in [0.15, 0.2) is 9.84 Å². The molecular weight excluding hydrogens is 540 g/mol. The maximum absolute atomic E-state index is 14.9. The Labute approximate surface area is 227 Å². The lowest BCUT2D eigenvalue weighted by molar-refractivity contribution is -0.0126. The lowest BCUT2D eigenvalue weighted by Gasteiger charge is -2.31. The number of aromatic nitrogens is 2. The van der Waals surface area contributed by atoms with E-state index in [4.69, 9.17) is 15.7 Å². The zero-order chi connectivity index (χ0) is 28.2. The molecule has 0 fully saturated rings. The van der Waals surface area contributed by atoms with Crippen molar-refractivity contribution in [1.82, 2.24) is 9.97 Å². The number of ether oxygens (including phenoxy) is 1. The number of alkyl halides is 2. The normalized spacial score (nSPS) is 16.6. The first kappa shape index (κ1) is 25.8. The van der Waals surface area contributed by atoms with Gasteiger partial charge in [-0.05, 0) is 35.4 Å². The first-order valence-corrected chi connectivity index (χ1v) is 13.9. The molecule has 2 aromatic heterocycles. The summed E-state index contributed by atoms with van der Waals surface area (Å²) in [5.74, 6) is -4.48. The Balaban J connectivity index is 1.51. The van der Waals surface area contributed by atoms with Crippen LogP contribution in [0.5, 0.6) is 0 Å². The number of nitrogen functional groups attached to an aromatic ring is 1. The third kappa shape index (κ3) is 4.24. The molecule has 2 aliphatic rings. The SMILES string of the molecule is N#Cc1ccc(C(=O)N(Cc2ccc3c4c(c(N)nc3c2)COC4)c2cccc3c2S(=O)(=O)CCC3(F)F)cn1. The number of pyridine rings is 2. The number of sulfone groups is 1. The molecule has 2 aliphatic heterocycles. The molecule has 0 aliphatic carbocycles. The fraction of sp³-hybridized carbons (Fsp3) is 0.214. The van der Waals surface area contributed by atoms with Crippen LogP contribution in [0.2, 0.25) is 0 Å². The second kappa shape index (κ2) is 9.32. The van der Waals surface area contributed by atoms with Gasteiger partial charge in [0.1, 0.15) is 17.6 Å². The van der Waals surface area contributed by atoms with Gasteiger partial charge in [0.2, 0.25) is 0 Å². The molecule has 40 heavy (non-hydrogen) atoms. The second-order valence-electron chi connectivity index (χ2n) is 9.66. The smallest absolute Gasteiger partial charge is 0.275 e. The number of nitriles is 1. The van der Waals surface area contributed by atoms with Gasteiger partial charge in [-0.2, -0.15) is 5.26 Å². The minimum Gasteiger partial charge on any atom is -0.383 e. The Kier molecular flexibility index (Phi) is 6.01. The maximum atomic E-state index is 14.9. The number of carbonyl (C=O) groups excluding carboxylic acids is 1. The predicted molar refractivity (Wildman–Crippen MR) is 141 cm³/mol. The van der Waals surface area contributed by atoms with E-state index in [9.17, 15) is 22.0 Å². The van der Waals surface area contributed by atoms with E-state index in [1.165, 1.54) is 30.5 Å². The van der Waals surface area contributed by atoms with Crippen molar-refractivity contribution in [3.05, 3.63) is 88.2 Å². The topological polar surface area (TPSA) is 139 Å². The summed E-state index contributed by atoms with van der Waals surface area (Å²) in [5.41, 5.74) is 8.33. The molecular formula is C28H21F2N5O4S. The molecule has 6 rings (SSSR count). The number of rotatable bonds is 4. The zero-order valence-electron chi connectivity index (χ0n) is 20.9. The summed E-state index contributed by atoms with van der Waals surface area (Å²) in [6, 6.07) is 13.6. The third-order valence-electron chi connectivity index (χ3n) is 7.18. The number of amides is 1. The van der Waals surface area contributed by atoms with Crippen molar-refractivity contribution in [3.63, 3.8) is 0 Å². The van der Waals surface area contributed by atoms with Crippen LogP contribution >= 0.6 is 0 Å². The van der Waals surface area contributed by atoms with Crippen molar-refractivity contribution in [2.24, 2.45) is 0 Å². The van der Waals surface area contributed by atoms with Gasteiger partial charge in [0, 0.05) is 29.1 Å². The van der Waals surface area contributed by atoms with E-state index < -0.39 is 44.3 Å². The predicted octanol–water partition coefficient (Wildman–Crippen LogP) is 4.23. The molecule has 2 aromatic carbocycles. The summed E-state index contributed by atoms with van der Waals surface area (Å²) in [4.78, 5) is 22.8. The number of nitrogens with two attached hydrogens (primary N) is 1. The standard InChI is InChI=1S/C28H21F2N5O4S/c29-28(30)8-9-40(37,38)25-22(28)2-1-3-24(25)35(27(36)17-5-6-18(11-31)33-12-17)13-16-4-7-19-20-14-39-15-21(20)26(32)34-23(19)10-16/h1-7,10,12H,8-9,13-15H2,(H2,32,34). The summed E-state index contributed by atoms with van der Waals surface area (Å²) in [7, 11) is -4.13. The van der Waals surface area contributed by atoms with Crippen LogP contribution in [0.4, 0.5) is 20.3 Å². The van der Waals surface area contributed by atoms with Crippen molar-refractivity contribution < 1.29 is 26.7 Å². The van der Waals surface area contributed by atoms with E-state index in [0.29, 0.717) is 30.1 Å².